The van der Waals surface area contributed by atoms with Gasteiger partial charge in [-0.25, -0.2) is 8.78 Å². The second kappa shape index (κ2) is 4.38. The zero-order chi connectivity index (χ0) is 11.5. The molecule has 1 aliphatic heterocycles. The SMILES string of the molecule is NC1=CCC(COc2ccc(F)c(F)c2)N1. The van der Waals surface area contributed by atoms with Gasteiger partial charge in [-0.2, -0.15) is 0 Å². The van der Waals surface area contributed by atoms with Gasteiger partial charge in [0.15, 0.2) is 11.6 Å². The van der Waals surface area contributed by atoms with Crippen LogP contribution in [-0.2, 0) is 0 Å². The van der Waals surface area contributed by atoms with Crippen LogP contribution >= 0.6 is 0 Å². The van der Waals surface area contributed by atoms with Crippen molar-refractivity contribution in [1.82, 2.24) is 5.32 Å². The normalized spacial score (nSPS) is 19.1. The molecule has 1 aromatic rings. The molecule has 3 nitrogen and oxygen atoms in total. The third-order valence-electron chi connectivity index (χ3n) is 2.34. The van der Waals surface area contributed by atoms with Crippen LogP contribution in [-0.4, -0.2) is 12.6 Å². The fraction of sp³-hybridized carbons (Fsp3) is 0.273. The first-order chi connectivity index (χ1) is 7.65. The fourth-order valence-electron chi connectivity index (χ4n) is 1.50. The quantitative estimate of drug-likeness (QED) is 0.821. The van der Waals surface area contributed by atoms with E-state index in [-0.39, 0.29) is 6.04 Å². The number of ether oxygens (including phenoxy) is 1. The average Bonchev–Trinajstić information content (AvgIpc) is 2.66. The Morgan fingerprint density at radius 3 is 2.81 bits per heavy atom. The van der Waals surface area contributed by atoms with Gasteiger partial charge in [0.2, 0.25) is 0 Å². The van der Waals surface area contributed by atoms with Crippen molar-refractivity contribution in [3.8, 4) is 5.75 Å². The van der Waals surface area contributed by atoms with Crippen LogP contribution in [0.15, 0.2) is 30.1 Å². The predicted octanol–water partition coefficient (Wildman–Crippen LogP) is 1.51. The van der Waals surface area contributed by atoms with E-state index in [1.54, 1.807) is 0 Å². The summed E-state index contributed by atoms with van der Waals surface area (Å²) in [5.41, 5.74) is 5.52. The molecule has 0 spiro atoms. The predicted molar refractivity (Wildman–Crippen MR) is 55.7 cm³/mol. The van der Waals surface area contributed by atoms with Gasteiger partial charge in [0.05, 0.1) is 11.9 Å². The zero-order valence-corrected chi connectivity index (χ0v) is 8.54. The number of nitrogens with two attached hydrogens (primary N) is 1. The Hall–Kier alpha value is -1.78. The van der Waals surface area contributed by atoms with E-state index in [9.17, 15) is 8.78 Å². The van der Waals surface area contributed by atoms with E-state index in [0.717, 1.165) is 18.6 Å². The van der Waals surface area contributed by atoms with Crippen molar-refractivity contribution in [3.63, 3.8) is 0 Å². The highest BCUT2D eigenvalue weighted by Gasteiger charge is 2.14. The van der Waals surface area contributed by atoms with Crippen LogP contribution in [0.2, 0.25) is 0 Å². The van der Waals surface area contributed by atoms with Crippen molar-refractivity contribution < 1.29 is 13.5 Å². The van der Waals surface area contributed by atoms with Crippen LogP contribution in [0.3, 0.4) is 0 Å². The number of benzene rings is 1. The van der Waals surface area contributed by atoms with Crippen molar-refractivity contribution in [3.05, 3.63) is 41.7 Å². The molecule has 5 heteroatoms. The Balaban J connectivity index is 1.88. The number of hydrogen-bond donors (Lipinski definition) is 2. The van der Waals surface area contributed by atoms with Crippen LogP contribution < -0.4 is 15.8 Å². The molecule has 2 rings (SSSR count). The molecule has 1 aliphatic rings. The van der Waals surface area contributed by atoms with Crippen LogP contribution in [0.5, 0.6) is 5.75 Å². The molecule has 0 amide bonds. The summed E-state index contributed by atoms with van der Waals surface area (Å²) < 4.78 is 30.8. The number of nitrogens with one attached hydrogen (secondary N) is 1. The van der Waals surface area contributed by atoms with Crippen molar-refractivity contribution in [1.29, 1.82) is 0 Å². The average molecular weight is 226 g/mol. The number of rotatable bonds is 3. The van der Waals surface area contributed by atoms with Gasteiger partial charge in [0.25, 0.3) is 0 Å². The summed E-state index contributed by atoms with van der Waals surface area (Å²) in [6, 6.07) is 3.55. The largest absolute Gasteiger partial charge is 0.491 e. The van der Waals surface area contributed by atoms with Gasteiger partial charge >= 0.3 is 0 Å². The molecule has 0 bridgehead atoms. The maximum absolute atomic E-state index is 12.8. The minimum Gasteiger partial charge on any atom is -0.491 e. The van der Waals surface area contributed by atoms with Gasteiger partial charge in [0, 0.05) is 6.07 Å². The second-order valence-corrected chi connectivity index (χ2v) is 3.62. The fourth-order valence-corrected chi connectivity index (χ4v) is 1.50. The highest BCUT2D eigenvalue weighted by Crippen LogP contribution is 2.16. The van der Waals surface area contributed by atoms with Gasteiger partial charge in [-0.15, -0.1) is 0 Å². The molecule has 0 radical (unpaired) electrons. The Bertz CT molecular complexity index is 420. The Labute approximate surface area is 91.9 Å². The third-order valence-corrected chi connectivity index (χ3v) is 2.34. The minimum absolute atomic E-state index is 0.0908. The summed E-state index contributed by atoms with van der Waals surface area (Å²) in [4.78, 5) is 0. The van der Waals surface area contributed by atoms with Crippen molar-refractivity contribution in [2.75, 3.05) is 6.61 Å². The first-order valence-electron chi connectivity index (χ1n) is 4.95. The monoisotopic (exact) mass is 226 g/mol. The zero-order valence-electron chi connectivity index (χ0n) is 8.54. The molecular weight excluding hydrogens is 214 g/mol. The van der Waals surface area contributed by atoms with E-state index in [1.807, 2.05) is 6.08 Å². The number of halogens is 2. The lowest BCUT2D eigenvalue weighted by Gasteiger charge is -2.13. The molecule has 1 aromatic carbocycles. The van der Waals surface area contributed by atoms with E-state index in [0.29, 0.717) is 18.2 Å². The van der Waals surface area contributed by atoms with E-state index in [1.165, 1.54) is 6.07 Å². The molecule has 1 heterocycles. The van der Waals surface area contributed by atoms with Crippen LogP contribution in [0, 0.1) is 11.6 Å². The highest BCUT2D eigenvalue weighted by atomic mass is 19.2. The molecule has 16 heavy (non-hydrogen) atoms. The summed E-state index contributed by atoms with van der Waals surface area (Å²) in [6.45, 7) is 0.363. The smallest absolute Gasteiger partial charge is 0.162 e. The van der Waals surface area contributed by atoms with Crippen molar-refractivity contribution in [2.24, 2.45) is 5.73 Å². The molecule has 1 unspecified atom stereocenters. The summed E-state index contributed by atoms with van der Waals surface area (Å²) in [5, 5.41) is 3.00. The standard InChI is InChI=1S/C11H12F2N2O/c12-9-3-2-8(5-10(9)13)16-6-7-1-4-11(14)15-7/h2-5,7,15H,1,6,14H2. The first kappa shape index (κ1) is 10.7. The Morgan fingerprint density at radius 2 is 2.19 bits per heavy atom. The molecular formula is C11H12F2N2O. The lowest BCUT2D eigenvalue weighted by atomic mass is 10.2. The van der Waals surface area contributed by atoms with Crippen LogP contribution in [0.1, 0.15) is 6.42 Å². The highest BCUT2D eigenvalue weighted by molar-refractivity contribution is 5.23. The van der Waals surface area contributed by atoms with Gasteiger partial charge in [0.1, 0.15) is 12.4 Å². The summed E-state index contributed by atoms with van der Waals surface area (Å²) >= 11 is 0. The van der Waals surface area contributed by atoms with E-state index < -0.39 is 11.6 Å². The van der Waals surface area contributed by atoms with E-state index in [2.05, 4.69) is 5.32 Å². The minimum atomic E-state index is -0.908. The molecule has 1 atom stereocenters. The van der Waals surface area contributed by atoms with Crippen LogP contribution in [0.4, 0.5) is 8.78 Å². The van der Waals surface area contributed by atoms with Crippen LogP contribution in [0.25, 0.3) is 0 Å². The molecule has 0 aliphatic carbocycles. The second-order valence-electron chi connectivity index (χ2n) is 3.62. The molecule has 3 N–H and O–H groups in total. The maximum Gasteiger partial charge on any atom is 0.162 e. The van der Waals surface area contributed by atoms with Crippen molar-refractivity contribution in [2.45, 2.75) is 12.5 Å². The lowest BCUT2D eigenvalue weighted by Crippen LogP contribution is -2.31. The van der Waals surface area contributed by atoms with Gasteiger partial charge in [-0.3, -0.25) is 0 Å². The Kier molecular flexibility index (Phi) is 2.94. The topological polar surface area (TPSA) is 47.3 Å². The first-order valence-corrected chi connectivity index (χ1v) is 4.95. The maximum atomic E-state index is 12.8. The lowest BCUT2D eigenvalue weighted by molar-refractivity contribution is 0.276. The van der Waals surface area contributed by atoms with E-state index in [4.69, 9.17) is 10.5 Å². The van der Waals surface area contributed by atoms with Crippen molar-refractivity contribution >= 4 is 0 Å². The molecule has 0 saturated carbocycles. The molecule has 0 aromatic heterocycles. The summed E-state index contributed by atoms with van der Waals surface area (Å²) in [7, 11) is 0. The number of hydrogen-bond acceptors (Lipinski definition) is 3. The molecule has 0 fully saturated rings. The van der Waals surface area contributed by atoms with E-state index >= 15 is 0 Å². The Morgan fingerprint density at radius 1 is 1.38 bits per heavy atom. The third kappa shape index (κ3) is 2.42. The van der Waals surface area contributed by atoms with Gasteiger partial charge in [-0.05, 0) is 24.6 Å². The summed E-state index contributed by atoms with van der Waals surface area (Å²) in [5.74, 6) is -0.850. The summed E-state index contributed by atoms with van der Waals surface area (Å²) in [6.07, 6.45) is 2.63. The van der Waals surface area contributed by atoms with Gasteiger partial charge < -0.3 is 15.8 Å². The molecule has 86 valence electrons. The molecule has 0 saturated heterocycles. The van der Waals surface area contributed by atoms with Gasteiger partial charge in [-0.1, -0.05) is 0 Å².